The van der Waals surface area contributed by atoms with Crippen LogP contribution in [0.2, 0.25) is 0 Å². The molecule has 0 radical (unpaired) electrons. The number of sulfonamides is 1. The molecule has 1 aliphatic rings. The number of nitrogens with one attached hydrogen (secondary N) is 1. The molecule has 1 heterocycles. The van der Waals surface area contributed by atoms with Gasteiger partial charge in [-0.15, -0.1) is 0 Å². The Kier molecular flexibility index (Phi) is 5.81. The zero-order chi connectivity index (χ0) is 18.8. The summed E-state index contributed by atoms with van der Waals surface area (Å²) in [4.78, 5) is 25.3. The van der Waals surface area contributed by atoms with Crippen molar-refractivity contribution in [3.8, 4) is 0 Å². The molecule has 1 aromatic rings. The monoisotopic (exact) mass is 369 g/mol. The van der Waals surface area contributed by atoms with Crippen molar-refractivity contribution in [2.75, 3.05) is 11.4 Å². The number of benzene rings is 1. The molecule has 25 heavy (non-hydrogen) atoms. The summed E-state index contributed by atoms with van der Waals surface area (Å²) in [5, 5.41) is 17.1. The predicted octanol–water partition coefficient (Wildman–Crippen LogP) is 0.455. The Morgan fingerprint density at radius 3 is 2.68 bits per heavy atom. The van der Waals surface area contributed by atoms with Gasteiger partial charge in [0.2, 0.25) is 15.9 Å². The molecule has 0 fully saturated rings. The summed E-state index contributed by atoms with van der Waals surface area (Å²) < 4.78 is 22.9. The second kappa shape index (κ2) is 7.51. The van der Waals surface area contributed by atoms with Gasteiger partial charge in [-0.1, -0.05) is 13.3 Å². The van der Waals surface area contributed by atoms with E-state index in [1.54, 1.807) is 11.0 Å². The first-order valence-electron chi connectivity index (χ1n) is 8.09. The van der Waals surface area contributed by atoms with Crippen molar-refractivity contribution in [3.05, 3.63) is 23.8 Å². The van der Waals surface area contributed by atoms with Crippen molar-refractivity contribution in [3.63, 3.8) is 0 Å². The SMILES string of the molecule is CCCC(NCC(=O)N1c2ccc(S(N)(=O)=O)cc2CC1C)C(=O)O. The Morgan fingerprint density at radius 1 is 1.44 bits per heavy atom. The topological polar surface area (TPSA) is 130 Å². The lowest BCUT2D eigenvalue weighted by Crippen LogP contribution is -2.46. The average molecular weight is 369 g/mol. The Morgan fingerprint density at radius 2 is 2.12 bits per heavy atom. The van der Waals surface area contributed by atoms with E-state index in [1.165, 1.54) is 12.1 Å². The van der Waals surface area contributed by atoms with Crippen LogP contribution in [0.15, 0.2) is 23.1 Å². The predicted molar refractivity (Wildman–Crippen MR) is 92.8 cm³/mol. The quantitative estimate of drug-likeness (QED) is 0.640. The number of carboxylic acid groups (broad SMARTS) is 1. The number of anilines is 1. The highest BCUT2D eigenvalue weighted by Crippen LogP contribution is 2.33. The summed E-state index contributed by atoms with van der Waals surface area (Å²) in [7, 11) is -3.80. The number of carboxylic acids is 1. The minimum absolute atomic E-state index is 0.0137. The molecule has 2 rings (SSSR count). The number of aliphatic carboxylic acids is 1. The van der Waals surface area contributed by atoms with Crippen molar-refractivity contribution in [1.82, 2.24) is 5.32 Å². The maximum atomic E-state index is 12.6. The summed E-state index contributed by atoms with van der Waals surface area (Å²) in [6, 6.07) is 3.51. The summed E-state index contributed by atoms with van der Waals surface area (Å²) in [5.41, 5.74) is 1.37. The highest BCUT2D eigenvalue weighted by atomic mass is 32.2. The minimum atomic E-state index is -3.80. The Labute approximate surface area is 147 Å². The summed E-state index contributed by atoms with van der Waals surface area (Å²) in [6.45, 7) is 3.63. The molecule has 9 heteroatoms. The number of carbonyl (C=O) groups excluding carboxylic acids is 1. The van der Waals surface area contributed by atoms with E-state index in [0.29, 0.717) is 24.9 Å². The second-order valence-corrected chi connectivity index (χ2v) is 7.77. The van der Waals surface area contributed by atoms with Crippen LogP contribution < -0.4 is 15.4 Å². The van der Waals surface area contributed by atoms with E-state index in [-0.39, 0.29) is 23.4 Å². The van der Waals surface area contributed by atoms with Gasteiger partial charge in [0.25, 0.3) is 0 Å². The number of hydrogen-bond acceptors (Lipinski definition) is 5. The zero-order valence-corrected chi connectivity index (χ0v) is 15.0. The number of carbonyl (C=O) groups is 2. The minimum Gasteiger partial charge on any atom is -0.480 e. The van der Waals surface area contributed by atoms with Crippen LogP contribution in [0.3, 0.4) is 0 Å². The molecule has 0 spiro atoms. The van der Waals surface area contributed by atoms with Crippen LogP contribution >= 0.6 is 0 Å². The van der Waals surface area contributed by atoms with E-state index < -0.39 is 22.0 Å². The van der Waals surface area contributed by atoms with Crippen molar-refractivity contribution >= 4 is 27.6 Å². The van der Waals surface area contributed by atoms with Gasteiger partial charge in [-0.05, 0) is 43.5 Å². The van der Waals surface area contributed by atoms with Crippen LogP contribution in [-0.2, 0) is 26.0 Å². The standard InChI is InChI=1S/C16H23N3O5S/c1-3-4-13(16(21)22)18-9-15(20)19-10(2)7-11-8-12(25(17,23)24)5-6-14(11)19/h5-6,8,10,13,18H,3-4,7,9H2,1-2H3,(H,21,22)(H2,17,23,24). The van der Waals surface area contributed by atoms with Crippen molar-refractivity contribution < 1.29 is 23.1 Å². The molecule has 4 N–H and O–H groups in total. The van der Waals surface area contributed by atoms with Crippen LogP contribution in [0, 0.1) is 0 Å². The van der Waals surface area contributed by atoms with Gasteiger partial charge in [-0.2, -0.15) is 0 Å². The van der Waals surface area contributed by atoms with Gasteiger partial charge in [-0.3, -0.25) is 14.9 Å². The molecule has 2 unspecified atom stereocenters. The van der Waals surface area contributed by atoms with Gasteiger partial charge < -0.3 is 10.0 Å². The first-order chi connectivity index (χ1) is 11.6. The highest BCUT2D eigenvalue weighted by molar-refractivity contribution is 7.89. The van der Waals surface area contributed by atoms with Crippen molar-refractivity contribution in [1.29, 1.82) is 0 Å². The Bertz CT molecular complexity index is 778. The fourth-order valence-corrected chi connectivity index (χ4v) is 3.63. The normalized spacial score (nSPS) is 18.0. The third kappa shape index (κ3) is 4.36. The summed E-state index contributed by atoms with van der Waals surface area (Å²) in [5.74, 6) is -1.24. The highest BCUT2D eigenvalue weighted by Gasteiger charge is 2.32. The maximum absolute atomic E-state index is 12.6. The van der Waals surface area contributed by atoms with Crippen molar-refractivity contribution in [2.45, 2.75) is 50.1 Å². The maximum Gasteiger partial charge on any atom is 0.320 e. The lowest BCUT2D eigenvalue weighted by Gasteiger charge is -2.24. The van der Waals surface area contributed by atoms with Crippen LogP contribution in [-0.4, -0.2) is 44.0 Å². The third-order valence-electron chi connectivity index (χ3n) is 4.24. The number of amides is 1. The number of rotatable bonds is 7. The van der Waals surface area contributed by atoms with E-state index in [4.69, 9.17) is 10.2 Å². The zero-order valence-electron chi connectivity index (χ0n) is 14.2. The first kappa shape index (κ1) is 19.4. The molecule has 0 bridgehead atoms. The molecular formula is C16H23N3O5S. The molecule has 1 amide bonds. The molecule has 1 aromatic carbocycles. The van der Waals surface area contributed by atoms with E-state index in [9.17, 15) is 18.0 Å². The van der Waals surface area contributed by atoms with Gasteiger partial charge >= 0.3 is 5.97 Å². The smallest absolute Gasteiger partial charge is 0.320 e. The number of fused-ring (bicyclic) bond motifs is 1. The molecule has 1 aliphatic heterocycles. The van der Waals surface area contributed by atoms with Crippen LogP contribution in [0.5, 0.6) is 0 Å². The third-order valence-corrected chi connectivity index (χ3v) is 5.15. The van der Waals surface area contributed by atoms with E-state index >= 15 is 0 Å². The molecule has 0 saturated carbocycles. The fraction of sp³-hybridized carbons (Fsp3) is 0.500. The van der Waals surface area contributed by atoms with Gasteiger partial charge in [0.1, 0.15) is 6.04 Å². The molecule has 0 saturated heterocycles. The molecular weight excluding hydrogens is 346 g/mol. The number of hydrogen-bond donors (Lipinski definition) is 3. The molecule has 8 nitrogen and oxygen atoms in total. The van der Waals surface area contributed by atoms with Gasteiger partial charge in [0, 0.05) is 11.7 Å². The summed E-state index contributed by atoms with van der Waals surface area (Å²) in [6.07, 6.45) is 1.64. The van der Waals surface area contributed by atoms with Gasteiger partial charge in [-0.25, -0.2) is 13.6 Å². The molecule has 2 atom stereocenters. The largest absolute Gasteiger partial charge is 0.480 e. The molecule has 0 aromatic heterocycles. The van der Waals surface area contributed by atoms with E-state index in [0.717, 1.165) is 5.56 Å². The van der Waals surface area contributed by atoms with E-state index in [2.05, 4.69) is 5.32 Å². The van der Waals surface area contributed by atoms with Crippen LogP contribution in [0.1, 0.15) is 32.3 Å². The number of nitrogens with two attached hydrogens (primary N) is 1. The lowest BCUT2D eigenvalue weighted by atomic mass is 10.1. The van der Waals surface area contributed by atoms with Crippen LogP contribution in [0.25, 0.3) is 0 Å². The van der Waals surface area contributed by atoms with Gasteiger partial charge in [0.05, 0.1) is 11.4 Å². The fourth-order valence-electron chi connectivity index (χ4n) is 3.06. The first-order valence-corrected chi connectivity index (χ1v) is 9.63. The number of nitrogens with zero attached hydrogens (tertiary/aromatic N) is 1. The lowest BCUT2D eigenvalue weighted by molar-refractivity contribution is -0.139. The van der Waals surface area contributed by atoms with Gasteiger partial charge in [0.15, 0.2) is 0 Å². The summed E-state index contributed by atoms with van der Waals surface area (Å²) >= 11 is 0. The second-order valence-electron chi connectivity index (χ2n) is 6.21. The average Bonchev–Trinajstić information content (AvgIpc) is 2.84. The Hall–Kier alpha value is -1.97. The molecule has 138 valence electrons. The Balaban J connectivity index is 2.16. The van der Waals surface area contributed by atoms with Crippen molar-refractivity contribution in [2.24, 2.45) is 5.14 Å². The number of primary sulfonamides is 1. The van der Waals surface area contributed by atoms with Crippen LogP contribution in [0.4, 0.5) is 5.69 Å². The van der Waals surface area contributed by atoms with E-state index in [1.807, 2.05) is 13.8 Å². The molecule has 0 aliphatic carbocycles.